The molecule has 1 unspecified atom stereocenters. The SMILES string of the molecule is CC(Sc1cccc(NC(=O)/C(=C\c2ccc([N+](=O)[O-])cc2)NC(=O)c2ccccc2)c1)C(=O)N(c1ccccc1)c1ccccc1. The number of thioether (sulfide) groups is 1. The van der Waals surface area contributed by atoms with Gasteiger partial charge in [0.1, 0.15) is 5.70 Å². The number of anilines is 3. The second kappa shape index (κ2) is 15.3. The average Bonchev–Trinajstić information content (AvgIpc) is 3.09. The standard InChI is InChI=1S/C37H30N4O5S/c1-26(37(44)40(30-15-7-3-8-16-30)31-17-9-4-10-18-31)47-33-19-11-14-29(25-33)38-36(43)34(39-35(42)28-12-5-2-6-13-28)24-27-20-22-32(23-21-27)41(45)46/h2-26H,1H3,(H,38,43)(H,39,42)/b34-24+. The third-order valence-corrected chi connectivity index (χ3v) is 8.03. The predicted octanol–water partition coefficient (Wildman–Crippen LogP) is 7.85. The second-order valence-corrected chi connectivity index (χ2v) is 11.7. The summed E-state index contributed by atoms with van der Waals surface area (Å²) >= 11 is 1.35. The van der Waals surface area contributed by atoms with E-state index in [9.17, 15) is 24.5 Å². The highest BCUT2D eigenvalue weighted by molar-refractivity contribution is 8.00. The molecule has 0 saturated heterocycles. The highest BCUT2D eigenvalue weighted by Crippen LogP contribution is 2.32. The molecule has 10 heteroatoms. The van der Waals surface area contributed by atoms with E-state index >= 15 is 0 Å². The average molecular weight is 643 g/mol. The summed E-state index contributed by atoms with van der Waals surface area (Å²) in [6.07, 6.45) is 1.45. The van der Waals surface area contributed by atoms with Crippen molar-refractivity contribution < 1.29 is 19.3 Å². The second-order valence-electron chi connectivity index (χ2n) is 10.3. The van der Waals surface area contributed by atoms with Crippen LogP contribution in [0.2, 0.25) is 0 Å². The van der Waals surface area contributed by atoms with E-state index in [0.717, 1.165) is 16.3 Å². The fraction of sp³-hybridized carbons (Fsp3) is 0.0541. The Bertz CT molecular complexity index is 1860. The Morgan fingerprint density at radius 2 is 1.34 bits per heavy atom. The molecule has 47 heavy (non-hydrogen) atoms. The number of nitrogens with one attached hydrogen (secondary N) is 2. The molecule has 1 atom stereocenters. The van der Waals surface area contributed by atoms with E-state index in [0.29, 0.717) is 16.8 Å². The number of amides is 3. The molecule has 0 aliphatic rings. The van der Waals surface area contributed by atoms with Crippen LogP contribution in [0.15, 0.2) is 150 Å². The van der Waals surface area contributed by atoms with Gasteiger partial charge in [-0.2, -0.15) is 0 Å². The lowest BCUT2D eigenvalue weighted by molar-refractivity contribution is -0.384. The van der Waals surface area contributed by atoms with Crippen molar-refractivity contribution in [3.05, 3.63) is 166 Å². The zero-order valence-corrected chi connectivity index (χ0v) is 26.1. The van der Waals surface area contributed by atoms with Crippen molar-refractivity contribution in [1.29, 1.82) is 0 Å². The molecule has 0 saturated carbocycles. The molecular weight excluding hydrogens is 612 g/mol. The van der Waals surface area contributed by atoms with Crippen molar-refractivity contribution >= 4 is 58.3 Å². The zero-order valence-electron chi connectivity index (χ0n) is 25.3. The molecule has 0 aliphatic carbocycles. The van der Waals surface area contributed by atoms with E-state index in [1.54, 1.807) is 53.4 Å². The van der Waals surface area contributed by atoms with Crippen LogP contribution in [0, 0.1) is 10.1 Å². The van der Waals surface area contributed by atoms with Crippen LogP contribution in [-0.2, 0) is 9.59 Å². The molecule has 5 rings (SSSR count). The summed E-state index contributed by atoms with van der Waals surface area (Å²) in [5, 5.41) is 16.1. The van der Waals surface area contributed by atoms with Crippen LogP contribution in [0.4, 0.5) is 22.7 Å². The molecule has 0 bridgehead atoms. The molecule has 0 aromatic heterocycles. The third kappa shape index (κ3) is 8.59. The molecule has 0 aliphatic heterocycles. The molecule has 3 amide bonds. The maximum Gasteiger partial charge on any atom is 0.272 e. The van der Waals surface area contributed by atoms with Gasteiger partial charge in [-0.1, -0.05) is 60.7 Å². The molecule has 0 heterocycles. The molecule has 5 aromatic carbocycles. The van der Waals surface area contributed by atoms with Crippen molar-refractivity contribution in [1.82, 2.24) is 5.32 Å². The smallest absolute Gasteiger partial charge is 0.272 e. The van der Waals surface area contributed by atoms with Crippen LogP contribution in [0.1, 0.15) is 22.8 Å². The van der Waals surface area contributed by atoms with Gasteiger partial charge in [0.05, 0.1) is 10.2 Å². The third-order valence-electron chi connectivity index (χ3n) is 6.95. The molecule has 5 aromatic rings. The van der Waals surface area contributed by atoms with Crippen LogP contribution < -0.4 is 15.5 Å². The van der Waals surface area contributed by atoms with Crippen LogP contribution in [-0.4, -0.2) is 27.9 Å². The maximum atomic E-state index is 13.8. The van der Waals surface area contributed by atoms with Crippen molar-refractivity contribution in [3.8, 4) is 0 Å². The Labute approximate surface area is 276 Å². The number of para-hydroxylation sites is 2. The van der Waals surface area contributed by atoms with Gasteiger partial charge in [-0.25, -0.2) is 0 Å². The first kappa shape index (κ1) is 32.4. The number of carbonyl (C=O) groups excluding carboxylic acids is 3. The summed E-state index contributed by atoms with van der Waals surface area (Å²) in [6.45, 7) is 1.83. The van der Waals surface area contributed by atoms with E-state index in [-0.39, 0.29) is 17.3 Å². The van der Waals surface area contributed by atoms with E-state index < -0.39 is 22.0 Å². The van der Waals surface area contributed by atoms with Gasteiger partial charge in [-0.3, -0.25) is 29.4 Å². The molecule has 0 fully saturated rings. The van der Waals surface area contributed by atoms with Crippen LogP contribution >= 0.6 is 11.8 Å². The van der Waals surface area contributed by atoms with Crippen molar-refractivity contribution in [2.45, 2.75) is 17.1 Å². The van der Waals surface area contributed by atoms with Crippen LogP contribution in [0.25, 0.3) is 6.08 Å². The number of non-ortho nitro benzene ring substituents is 1. The normalized spacial score (nSPS) is 11.6. The summed E-state index contributed by atoms with van der Waals surface area (Å²) in [7, 11) is 0. The fourth-order valence-electron chi connectivity index (χ4n) is 4.64. The first-order valence-corrected chi connectivity index (χ1v) is 15.5. The lowest BCUT2D eigenvalue weighted by Gasteiger charge is -2.26. The molecule has 0 radical (unpaired) electrons. The van der Waals surface area contributed by atoms with Crippen molar-refractivity contribution in [3.63, 3.8) is 0 Å². The highest BCUT2D eigenvalue weighted by atomic mass is 32.2. The summed E-state index contributed by atoms with van der Waals surface area (Å²) in [4.78, 5) is 53.3. The fourth-order valence-corrected chi connectivity index (χ4v) is 5.61. The number of hydrogen-bond acceptors (Lipinski definition) is 6. The zero-order chi connectivity index (χ0) is 33.2. The molecular formula is C37H30N4O5S. The van der Waals surface area contributed by atoms with Gasteiger partial charge in [-0.05, 0) is 85.3 Å². The molecule has 2 N–H and O–H groups in total. The topological polar surface area (TPSA) is 122 Å². The van der Waals surface area contributed by atoms with Gasteiger partial charge in [0.15, 0.2) is 0 Å². The summed E-state index contributed by atoms with van der Waals surface area (Å²) in [5.41, 5.74) is 2.63. The first-order chi connectivity index (χ1) is 22.8. The largest absolute Gasteiger partial charge is 0.321 e. The lowest BCUT2D eigenvalue weighted by Crippen LogP contribution is -2.32. The minimum absolute atomic E-state index is 0.0596. The van der Waals surface area contributed by atoms with Gasteiger partial charge in [0, 0.05) is 39.7 Å². The Morgan fingerprint density at radius 1 is 0.766 bits per heavy atom. The number of hydrogen-bond donors (Lipinski definition) is 2. The summed E-state index contributed by atoms with van der Waals surface area (Å²) < 4.78 is 0. The lowest BCUT2D eigenvalue weighted by atomic mass is 10.1. The van der Waals surface area contributed by atoms with E-state index in [1.807, 2.05) is 73.7 Å². The monoisotopic (exact) mass is 642 g/mol. The van der Waals surface area contributed by atoms with E-state index in [2.05, 4.69) is 10.6 Å². The molecule has 234 valence electrons. The maximum absolute atomic E-state index is 13.8. The van der Waals surface area contributed by atoms with Crippen LogP contribution in [0.5, 0.6) is 0 Å². The van der Waals surface area contributed by atoms with Gasteiger partial charge in [0.25, 0.3) is 17.5 Å². The Balaban J connectivity index is 1.35. The Hall–Kier alpha value is -6.00. The van der Waals surface area contributed by atoms with E-state index in [1.165, 1.54) is 42.1 Å². The molecule has 9 nitrogen and oxygen atoms in total. The number of rotatable bonds is 11. The van der Waals surface area contributed by atoms with E-state index in [4.69, 9.17) is 0 Å². The first-order valence-electron chi connectivity index (χ1n) is 14.6. The van der Waals surface area contributed by atoms with Gasteiger partial charge >= 0.3 is 0 Å². The quantitative estimate of drug-likeness (QED) is 0.0655. The summed E-state index contributed by atoms with van der Waals surface area (Å²) in [6, 6.07) is 40.0. The number of benzene rings is 5. The molecule has 0 spiro atoms. The van der Waals surface area contributed by atoms with Crippen LogP contribution in [0.3, 0.4) is 0 Å². The predicted molar refractivity (Wildman–Crippen MR) is 185 cm³/mol. The minimum atomic E-state index is -0.599. The summed E-state index contributed by atoms with van der Waals surface area (Å²) in [5.74, 6) is -1.20. The number of nitro groups is 1. The minimum Gasteiger partial charge on any atom is -0.321 e. The van der Waals surface area contributed by atoms with Crippen molar-refractivity contribution in [2.24, 2.45) is 0 Å². The highest BCUT2D eigenvalue weighted by Gasteiger charge is 2.25. The van der Waals surface area contributed by atoms with Gasteiger partial charge in [0.2, 0.25) is 5.91 Å². The number of carbonyl (C=O) groups is 3. The Kier molecular flexibility index (Phi) is 10.6. The number of nitro benzene ring substituents is 1. The Morgan fingerprint density at radius 3 is 1.91 bits per heavy atom. The van der Waals surface area contributed by atoms with Gasteiger partial charge < -0.3 is 10.6 Å². The van der Waals surface area contributed by atoms with Crippen molar-refractivity contribution in [2.75, 3.05) is 10.2 Å². The number of nitrogens with zero attached hydrogens (tertiary/aromatic N) is 2. The van der Waals surface area contributed by atoms with Gasteiger partial charge in [-0.15, -0.1) is 11.8 Å².